The zero-order chi connectivity index (χ0) is 24.5. The average Bonchev–Trinajstić information content (AvgIpc) is 3.52. The first-order valence-electron chi connectivity index (χ1n) is 11.6. The molecule has 35 heavy (non-hydrogen) atoms. The molecule has 2 unspecified atom stereocenters. The first-order valence-corrected chi connectivity index (χ1v) is 11.6. The van der Waals surface area contributed by atoms with E-state index in [1.54, 1.807) is 12.3 Å². The highest BCUT2D eigenvalue weighted by Gasteiger charge is 2.33. The molecule has 0 radical (unpaired) electrons. The molecule has 2 aliphatic rings. The van der Waals surface area contributed by atoms with Gasteiger partial charge in [0.05, 0.1) is 37.6 Å². The van der Waals surface area contributed by atoms with Crippen LogP contribution in [0.1, 0.15) is 33.6 Å². The number of hydrogen-bond acceptors (Lipinski definition) is 7. The molecule has 1 fully saturated rings. The van der Waals surface area contributed by atoms with Crippen molar-refractivity contribution in [2.75, 3.05) is 25.1 Å². The van der Waals surface area contributed by atoms with Crippen LogP contribution in [0.2, 0.25) is 0 Å². The number of aryl methyl sites for hydroxylation is 1. The number of rotatable bonds is 7. The zero-order valence-corrected chi connectivity index (χ0v) is 19.4. The third-order valence-electron chi connectivity index (χ3n) is 6.62. The maximum absolute atomic E-state index is 13.9. The maximum Gasteiger partial charge on any atom is 0.271 e. The van der Waals surface area contributed by atoms with Crippen molar-refractivity contribution in [1.29, 1.82) is 0 Å². The maximum atomic E-state index is 13.9. The van der Waals surface area contributed by atoms with Crippen molar-refractivity contribution in [2.24, 2.45) is 0 Å². The largest absolute Gasteiger partial charge is 0.394 e. The fourth-order valence-corrected chi connectivity index (χ4v) is 4.68. The number of anilines is 1. The normalized spacial score (nSPS) is 19.8. The Kier molecular flexibility index (Phi) is 6.50. The summed E-state index contributed by atoms with van der Waals surface area (Å²) in [5, 5.41) is 23.0. The van der Waals surface area contributed by atoms with E-state index in [2.05, 4.69) is 10.3 Å². The monoisotopic (exact) mass is 481 g/mol. The van der Waals surface area contributed by atoms with Crippen LogP contribution in [0, 0.1) is 12.7 Å². The number of nitrogens with zero attached hydrogens (tertiary/aromatic N) is 4. The van der Waals surface area contributed by atoms with Crippen LogP contribution in [0.5, 0.6) is 0 Å². The van der Waals surface area contributed by atoms with Gasteiger partial charge in [0.2, 0.25) is 5.95 Å². The van der Waals surface area contributed by atoms with Crippen molar-refractivity contribution in [3.05, 3.63) is 64.9 Å². The highest BCUT2D eigenvalue weighted by Crippen LogP contribution is 2.30. The SMILES string of the molecule is Cc1cnc(NC2CCOC2)nc1-c1cc2n(c1)CC(CO)N(Cc1cc(F)ccc1CO)C2=O. The predicted octanol–water partition coefficient (Wildman–Crippen LogP) is 2.10. The molecule has 9 nitrogen and oxygen atoms in total. The number of halogens is 1. The number of carbonyl (C=O) groups excluding carboxylic acids is 1. The molecular formula is C25H28FN5O4. The molecule has 1 amide bonds. The van der Waals surface area contributed by atoms with Crippen molar-refractivity contribution in [2.45, 2.75) is 45.1 Å². The molecule has 10 heteroatoms. The molecule has 3 N–H and O–H groups in total. The van der Waals surface area contributed by atoms with Crippen LogP contribution < -0.4 is 5.32 Å². The molecule has 1 saturated heterocycles. The van der Waals surface area contributed by atoms with E-state index in [9.17, 15) is 19.4 Å². The summed E-state index contributed by atoms with van der Waals surface area (Å²) in [6.07, 6.45) is 4.51. The highest BCUT2D eigenvalue weighted by atomic mass is 19.1. The number of ether oxygens (including phenoxy) is 1. The summed E-state index contributed by atoms with van der Waals surface area (Å²) >= 11 is 0. The van der Waals surface area contributed by atoms with Crippen LogP contribution >= 0.6 is 0 Å². The highest BCUT2D eigenvalue weighted by molar-refractivity contribution is 5.95. The number of carbonyl (C=O) groups is 1. The summed E-state index contributed by atoms with van der Waals surface area (Å²) in [6, 6.07) is 5.58. The summed E-state index contributed by atoms with van der Waals surface area (Å²) in [7, 11) is 0. The van der Waals surface area contributed by atoms with Crippen LogP contribution in [-0.4, -0.2) is 67.5 Å². The number of hydrogen-bond donors (Lipinski definition) is 3. The second-order valence-corrected chi connectivity index (χ2v) is 9.04. The number of aromatic nitrogens is 3. The van der Waals surface area contributed by atoms with E-state index in [1.165, 1.54) is 23.1 Å². The van der Waals surface area contributed by atoms with Gasteiger partial charge in [0.1, 0.15) is 11.5 Å². The number of benzene rings is 1. The molecule has 2 atom stereocenters. The summed E-state index contributed by atoms with van der Waals surface area (Å²) in [5.41, 5.74) is 3.88. The minimum Gasteiger partial charge on any atom is -0.394 e. The molecule has 0 spiro atoms. The summed E-state index contributed by atoms with van der Waals surface area (Å²) in [4.78, 5) is 24.1. The minimum absolute atomic E-state index is 0.0856. The molecule has 2 aromatic heterocycles. The van der Waals surface area contributed by atoms with Gasteiger partial charge in [0.25, 0.3) is 5.91 Å². The first-order chi connectivity index (χ1) is 17.0. The van der Waals surface area contributed by atoms with Crippen LogP contribution in [-0.2, 0) is 24.4 Å². The van der Waals surface area contributed by atoms with Gasteiger partial charge in [0.15, 0.2) is 0 Å². The smallest absolute Gasteiger partial charge is 0.271 e. The number of aliphatic hydroxyl groups is 2. The van der Waals surface area contributed by atoms with E-state index in [0.29, 0.717) is 42.5 Å². The Balaban J connectivity index is 1.44. The van der Waals surface area contributed by atoms with Crippen LogP contribution in [0.25, 0.3) is 11.3 Å². The van der Waals surface area contributed by atoms with Gasteiger partial charge in [-0.1, -0.05) is 6.07 Å². The Labute approximate surface area is 202 Å². The van der Waals surface area contributed by atoms with Crippen LogP contribution in [0.3, 0.4) is 0 Å². The topological polar surface area (TPSA) is 113 Å². The van der Waals surface area contributed by atoms with Crippen molar-refractivity contribution >= 4 is 11.9 Å². The van der Waals surface area contributed by atoms with Gasteiger partial charge >= 0.3 is 0 Å². The quantitative estimate of drug-likeness (QED) is 0.474. The molecule has 5 rings (SSSR count). The summed E-state index contributed by atoms with van der Waals surface area (Å²) < 4.78 is 21.1. The number of fused-ring (bicyclic) bond motifs is 1. The Morgan fingerprint density at radius 1 is 1.26 bits per heavy atom. The molecule has 0 saturated carbocycles. The lowest BCUT2D eigenvalue weighted by atomic mass is 10.0. The fraction of sp³-hybridized carbons (Fsp3) is 0.400. The van der Waals surface area contributed by atoms with Crippen molar-refractivity contribution < 1.29 is 24.1 Å². The molecule has 184 valence electrons. The number of aliphatic hydroxyl groups excluding tert-OH is 2. The van der Waals surface area contributed by atoms with Gasteiger partial charge in [-0.15, -0.1) is 0 Å². The molecule has 1 aromatic carbocycles. The second kappa shape index (κ2) is 9.73. The fourth-order valence-electron chi connectivity index (χ4n) is 4.68. The van der Waals surface area contributed by atoms with Gasteiger partial charge in [-0.05, 0) is 48.2 Å². The Bertz CT molecular complexity index is 1240. The molecule has 0 aliphatic carbocycles. The Morgan fingerprint density at radius 2 is 2.11 bits per heavy atom. The molecular weight excluding hydrogens is 453 g/mol. The van der Waals surface area contributed by atoms with E-state index in [4.69, 9.17) is 9.72 Å². The third-order valence-corrected chi connectivity index (χ3v) is 6.62. The lowest BCUT2D eigenvalue weighted by Crippen LogP contribution is -2.49. The van der Waals surface area contributed by atoms with E-state index < -0.39 is 11.9 Å². The number of amides is 1. The van der Waals surface area contributed by atoms with E-state index in [0.717, 1.165) is 23.2 Å². The zero-order valence-electron chi connectivity index (χ0n) is 19.4. The van der Waals surface area contributed by atoms with Crippen molar-refractivity contribution in [3.63, 3.8) is 0 Å². The molecule has 4 heterocycles. The number of nitrogens with one attached hydrogen (secondary N) is 1. The summed E-state index contributed by atoms with van der Waals surface area (Å²) in [5.74, 6) is -0.211. The first kappa shape index (κ1) is 23.4. The third kappa shape index (κ3) is 4.64. The molecule has 3 aromatic rings. The lowest BCUT2D eigenvalue weighted by molar-refractivity contribution is 0.0459. The van der Waals surface area contributed by atoms with Crippen molar-refractivity contribution in [3.8, 4) is 11.3 Å². The summed E-state index contributed by atoms with van der Waals surface area (Å²) in [6.45, 7) is 3.20. The Morgan fingerprint density at radius 3 is 2.86 bits per heavy atom. The van der Waals surface area contributed by atoms with E-state index in [-0.39, 0.29) is 31.7 Å². The predicted molar refractivity (Wildman–Crippen MR) is 126 cm³/mol. The van der Waals surface area contributed by atoms with Gasteiger partial charge in [-0.25, -0.2) is 14.4 Å². The van der Waals surface area contributed by atoms with Gasteiger partial charge in [0, 0.05) is 37.7 Å². The van der Waals surface area contributed by atoms with Gasteiger partial charge in [-0.2, -0.15) is 0 Å². The average molecular weight is 482 g/mol. The van der Waals surface area contributed by atoms with Crippen LogP contribution in [0.15, 0.2) is 36.7 Å². The lowest BCUT2D eigenvalue weighted by Gasteiger charge is -2.36. The molecule has 0 bridgehead atoms. The Hall–Kier alpha value is -3.34. The van der Waals surface area contributed by atoms with Gasteiger partial charge < -0.3 is 29.7 Å². The van der Waals surface area contributed by atoms with Crippen molar-refractivity contribution in [1.82, 2.24) is 19.4 Å². The molecule has 2 aliphatic heterocycles. The minimum atomic E-state index is -0.490. The second-order valence-electron chi connectivity index (χ2n) is 9.04. The van der Waals surface area contributed by atoms with Gasteiger partial charge in [-0.3, -0.25) is 4.79 Å². The van der Waals surface area contributed by atoms with Crippen LogP contribution in [0.4, 0.5) is 10.3 Å². The van der Waals surface area contributed by atoms with E-state index >= 15 is 0 Å². The van der Waals surface area contributed by atoms with E-state index in [1.807, 2.05) is 17.7 Å². The standard InChI is InChI=1S/C25H28FN5O4/c1-15-8-27-25(28-20-4-5-35-14-20)29-23(15)18-7-22-24(34)31(21(13-33)11-30(22)9-18)10-17-6-19(26)3-2-16(17)12-32/h2-3,6-9,20-21,32-33H,4-5,10-14H2,1H3,(H,27,28,29).